The van der Waals surface area contributed by atoms with E-state index in [-0.39, 0.29) is 0 Å². The van der Waals surface area contributed by atoms with Crippen molar-refractivity contribution in [3.63, 3.8) is 0 Å². The Labute approximate surface area is 205 Å². The minimum Gasteiger partial charge on any atom is -0.354 e. The van der Waals surface area contributed by atoms with Crippen molar-refractivity contribution in [2.45, 2.75) is 70.5 Å². The lowest BCUT2D eigenvalue weighted by atomic mass is 9.57. The van der Waals surface area contributed by atoms with Gasteiger partial charge in [-0.1, -0.05) is 24.4 Å². The maximum Gasteiger partial charge on any atom is 0.151 e. The number of rotatable bonds is 3. The molecule has 34 heavy (non-hydrogen) atoms. The van der Waals surface area contributed by atoms with E-state index in [0.717, 1.165) is 67.2 Å². The summed E-state index contributed by atoms with van der Waals surface area (Å²) in [6.45, 7) is 5.96. The van der Waals surface area contributed by atoms with Crippen LogP contribution in [0.25, 0.3) is 5.69 Å². The molecule has 4 heterocycles. The predicted molar refractivity (Wildman–Crippen MR) is 131 cm³/mol. The molecular weight excluding hydrogens is 446 g/mol. The number of fused-ring (bicyclic) bond motifs is 3. The van der Waals surface area contributed by atoms with Gasteiger partial charge in [-0.2, -0.15) is 0 Å². The molecule has 0 atom stereocenters. The van der Waals surface area contributed by atoms with Crippen LogP contribution in [0.15, 0.2) is 30.6 Å². The maximum absolute atomic E-state index is 6.44. The highest BCUT2D eigenvalue weighted by atomic mass is 35.5. The zero-order valence-electron chi connectivity index (χ0n) is 19.6. The van der Waals surface area contributed by atoms with Crippen molar-refractivity contribution in [1.29, 1.82) is 0 Å². The van der Waals surface area contributed by atoms with Crippen LogP contribution in [0, 0.1) is 12.3 Å². The number of nitrogens with zero attached hydrogens (tertiary/aromatic N) is 7. The predicted octanol–water partition coefficient (Wildman–Crippen LogP) is 4.66. The number of aryl methyl sites for hydroxylation is 1. The van der Waals surface area contributed by atoms with Crippen molar-refractivity contribution >= 4 is 17.4 Å². The zero-order valence-corrected chi connectivity index (χ0v) is 20.4. The largest absolute Gasteiger partial charge is 0.354 e. The van der Waals surface area contributed by atoms with Crippen LogP contribution in [-0.4, -0.2) is 48.8 Å². The Kier molecular flexibility index (Phi) is 4.75. The topological polar surface area (TPSA) is 63.0 Å². The van der Waals surface area contributed by atoms with E-state index in [2.05, 4.69) is 36.5 Å². The fraction of sp³-hybridized carbons (Fsp3) is 0.538. The van der Waals surface area contributed by atoms with E-state index in [1.54, 1.807) is 12.4 Å². The van der Waals surface area contributed by atoms with E-state index in [9.17, 15) is 0 Å². The summed E-state index contributed by atoms with van der Waals surface area (Å²) >= 11 is 6.44. The minimum atomic E-state index is 0.379. The number of hydrogen-bond acceptors (Lipinski definition) is 6. The molecule has 0 unspecified atom stereocenters. The molecular formula is C26H30ClN7. The molecule has 2 aliphatic carbocycles. The van der Waals surface area contributed by atoms with E-state index < -0.39 is 0 Å². The summed E-state index contributed by atoms with van der Waals surface area (Å²) in [5.74, 6) is 3.69. The van der Waals surface area contributed by atoms with Gasteiger partial charge in [-0.3, -0.25) is 14.5 Å². The van der Waals surface area contributed by atoms with Gasteiger partial charge in [0, 0.05) is 54.4 Å². The molecule has 1 saturated heterocycles. The van der Waals surface area contributed by atoms with Crippen LogP contribution in [0.1, 0.15) is 67.3 Å². The third-order valence-electron chi connectivity index (χ3n) is 8.53. The van der Waals surface area contributed by atoms with Gasteiger partial charge >= 0.3 is 0 Å². The molecule has 176 valence electrons. The first-order valence-corrected chi connectivity index (χ1v) is 13.0. The first-order chi connectivity index (χ1) is 16.6. The van der Waals surface area contributed by atoms with Gasteiger partial charge in [0.1, 0.15) is 11.6 Å². The van der Waals surface area contributed by atoms with Gasteiger partial charge < -0.3 is 4.90 Å². The fourth-order valence-corrected chi connectivity index (χ4v) is 7.09. The molecule has 3 aromatic rings. The average Bonchev–Trinajstić information content (AvgIpc) is 3.41. The second-order valence-electron chi connectivity index (χ2n) is 10.9. The second-order valence-corrected chi connectivity index (χ2v) is 11.3. The zero-order chi connectivity index (χ0) is 22.9. The standard InChI is InChI=1S/C26H30ClN7/c1-17-24(29-9-8-28-17)33-15-26(16-33)11-19(12-26)25-31-30-23-14-32(21-4-2-3-5-21)13-18-10-20(27)6-7-22(18)34(23)25/h6-10,19,21H,2-5,11-16H2,1H3. The van der Waals surface area contributed by atoms with E-state index in [1.165, 1.54) is 36.9 Å². The molecule has 1 spiro atoms. The Bertz CT molecular complexity index is 1230. The Morgan fingerprint density at radius 3 is 2.59 bits per heavy atom. The summed E-state index contributed by atoms with van der Waals surface area (Å²) in [6.07, 6.45) is 11.1. The smallest absolute Gasteiger partial charge is 0.151 e. The normalized spacial score (nSPS) is 22.2. The van der Waals surface area contributed by atoms with Crippen LogP contribution in [-0.2, 0) is 13.1 Å². The Hall–Kier alpha value is -2.51. The van der Waals surface area contributed by atoms with Crippen LogP contribution in [0.3, 0.4) is 0 Å². The van der Waals surface area contributed by atoms with Crippen LogP contribution in [0.4, 0.5) is 5.82 Å². The molecule has 4 aliphatic rings. The van der Waals surface area contributed by atoms with Crippen molar-refractivity contribution in [3.05, 3.63) is 58.5 Å². The van der Waals surface area contributed by atoms with Crippen molar-refractivity contribution in [3.8, 4) is 5.69 Å². The SMILES string of the molecule is Cc1nccnc1N1CC2(CC(c3nnc4n3-c3ccc(Cl)cc3CN(C3CCCC3)C4)C2)C1. The molecule has 7 nitrogen and oxygen atoms in total. The minimum absolute atomic E-state index is 0.379. The highest BCUT2D eigenvalue weighted by molar-refractivity contribution is 6.30. The Balaban J connectivity index is 1.15. The van der Waals surface area contributed by atoms with Crippen LogP contribution in [0.5, 0.6) is 0 Å². The molecule has 8 heteroatoms. The molecule has 0 N–H and O–H groups in total. The summed E-state index contributed by atoms with van der Waals surface area (Å²) in [5, 5.41) is 10.3. The summed E-state index contributed by atoms with van der Waals surface area (Å²) in [5.41, 5.74) is 3.90. The Morgan fingerprint density at radius 1 is 1.00 bits per heavy atom. The third-order valence-corrected chi connectivity index (χ3v) is 8.76. The van der Waals surface area contributed by atoms with Gasteiger partial charge in [0.05, 0.1) is 17.9 Å². The first-order valence-electron chi connectivity index (χ1n) is 12.6. The molecule has 0 bridgehead atoms. The molecule has 7 rings (SSSR count). The second kappa shape index (κ2) is 7.75. The van der Waals surface area contributed by atoms with Gasteiger partial charge in [0.2, 0.25) is 0 Å². The van der Waals surface area contributed by atoms with Crippen molar-refractivity contribution < 1.29 is 0 Å². The summed E-state index contributed by atoms with van der Waals surface area (Å²) in [6, 6.07) is 6.96. The molecule has 1 aromatic carbocycles. The van der Waals surface area contributed by atoms with Crippen molar-refractivity contribution in [1.82, 2.24) is 29.6 Å². The molecule has 2 saturated carbocycles. The van der Waals surface area contributed by atoms with Crippen LogP contribution >= 0.6 is 11.6 Å². The average molecular weight is 476 g/mol. The summed E-state index contributed by atoms with van der Waals surface area (Å²) < 4.78 is 2.36. The fourth-order valence-electron chi connectivity index (χ4n) is 6.89. The van der Waals surface area contributed by atoms with Crippen molar-refractivity contribution in [2.75, 3.05) is 18.0 Å². The van der Waals surface area contributed by atoms with Gasteiger partial charge in [0.25, 0.3) is 0 Å². The number of halogens is 1. The monoisotopic (exact) mass is 475 g/mol. The van der Waals surface area contributed by atoms with Gasteiger partial charge in [-0.25, -0.2) is 4.98 Å². The maximum atomic E-state index is 6.44. The van der Waals surface area contributed by atoms with E-state index in [1.807, 2.05) is 13.0 Å². The van der Waals surface area contributed by atoms with Crippen molar-refractivity contribution in [2.24, 2.45) is 5.41 Å². The summed E-state index contributed by atoms with van der Waals surface area (Å²) in [4.78, 5) is 13.9. The highest BCUT2D eigenvalue weighted by Gasteiger charge is 2.54. The highest BCUT2D eigenvalue weighted by Crippen LogP contribution is 2.56. The lowest BCUT2D eigenvalue weighted by Gasteiger charge is -2.59. The van der Waals surface area contributed by atoms with E-state index >= 15 is 0 Å². The number of anilines is 1. The van der Waals surface area contributed by atoms with Gasteiger partial charge in [-0.05, 0) is 56.4 Å². The number of benzene rings is 1. The molecule has 3 fully saturated rings. The van der Waals surface area contributed by atoms with E-state index in [4.69, 9.17) is 21.8 Å². The number of aromatic nitrogens is 5. The van der Waals surface area contributed by atoms with Crippen LogP contribution < -0.4 is 4.90 Å². The molecule has 0 amide bonds. The lowest BCUT2D eigenvalue weighted by Crippen LogP contribution is -2.62. The van der Waals surface area contributed by atoms with E-state index in [0.29, 0.717) is 17.4 Å². The molecule has 2 aliphatic heterocycles. The summed E-state index contributed by atoms with van der Waals surface area (Å²) in [7, 11) is 0. The molecule has 0 radical (unpaired) electrons. The quantitative estimate of drug-likeness (QED) is 0.549. The third kappa shape index (κ3) is 3.28. The van der Waals surface area contributed by atoms with Gasteiger partial charge in [-0.15, -0.1) is 10.2 Å². The molecule has 2 aromatic heterocycles. The first kappa shape index (κ1) is 20.8. The lowest BCUT2D eigenvalue weighted by molar-refractivity contribution is 0.0580. The number of hydrogen-bond donors (Lipinski definition) is 0. The van der Waals surface area contributed by atoms with Gasteiger partial charge in [0.15, 0.2) is 5.82 Å². The Morgan fingerprint density at radius 2 is 1.79 bits per heavy atom. The van der Waals surface area contributed by atoms with Crippen LogP contribution in [0.2, 0.25) is 5.02 Å².